The molecule has 2 rings (SSSR count). The molecule has 102 valence electrons. The van der Waals surface area contributed by atoms with Crippen molar-refractivity contribution in [3.8, 4) is 0 Å². The molecular weight excluding hydrogens is 260 g/mol. The Bertz CT molecular complexity index is 589. The first-order valence-electron chi connectivity index (χ1n) is 5.87. The van der Waals surface area contributed by atoms with E-state index in [9.17, 15) is 9.59 Å². The largest absolute Gasteiger partial charge is 0.332 e. The zero-order valence-electron chi connectivity index (χ0n) is 11.0. The third-order valence-corrected chi connectivity index (χ3v) is 2.42. The molecule has 0 radical (unpaired) electrons. The Morgan fingerprint density at radius 1 is 0.850 bits per heavy atom. The van der Waals surface area contributed by atoms with E-state index >= 15 is 0 Å². The molecule has 0 aliphatic heterocycles. The lowest BCUT2D eigenvalue weighted by Crippen LogP contribution is -2.14. The van der Waals surface area contributed by atoms with Gasteiger partial charge in [0.2, 0.25) is 0 Å². The van der Waals surface area contributed by atoms with Crippen LogP contribution in [0.3, 0.4) is 0 Å². The third-order valence-electron chi connectivity index (χ3n) is 2.42. The number of fused-ring (bicyclic) bond motifs is 1. The van der Waals surface area contributed by atoms with E-state index in [-0.39, 0.29) is 0 Å². The van der Waals surface area contributed by atoms with E-state index in [0.29, 0.717) is 11.4 Å². The summed E-state index contributed by atoms with van der Waals surface area (Å²) in [7, 11) is 0. The van der Waals surface area contributed by atoms with Crippen LogP contribution in [0.4, 0.5) is 0 Å². The van der Waals surface area contributed by atoms with Crippen molar-refractivity contribution in [1.82, 2.24) is 0 Å². The molecule has 1 aromatic rings. The molecule has 0 amide bonds. The van der Waals surface area contributed by atoms with E-state index in [1.165, 1.54) is 13.8 Å². The molecule has 0 N–H and O–H groups in total. The first kappa shape index (κ1) is 13.7. The van der Waals surface area contributed by atoms with Crippen molar-refractivity contribution in [2.24, 2.45) is 10.3 Å². The molecule has 6 heteroatoms. The highest BCUT2D eigenvalue weighted by Crippen LogP contribution is 2.18. The second-order valence-corrected chi connectivity index (χ2v) is 4.00. The molecule has 0 aromatic heterocycles. The van der Waals surface area contributed by atoms with Crippen molar-refractivity contribution in [3.05, 3.63) is 47.5 Å². The van der Waals surface area contributed by atoms with Crippen LogP contribution in [0.15, 0.2) is 46.7 Å². The minimum absolute atomic E-state index is 0.497. The predicted molar refractivity (Wildman–Crippen MR) is 72.2 cm³/mol. The number of hydrogen-bond acceptors (Lipinski definition) is 6. The molecule has 1 aliphatic carbocycles. The average molecular weight is 272 g/mol. The minimum atomic E-state index is -0.497. The fourth-order valence-corrected chi connectivity index (χ4v) is 1.65. The maximum Gasteiger partial charge on any atom is 0.332 e. The fraction of sp³-hybridized carbons (Fsp3) is 0.143. The van der Waals surface area contributed by atoms with Gasteiger partial charge in [-0.15, -0.1) is 0 Å². The number of rotatable bonds is 2. The summed E-state index contributed by atoms with van der Waals surface area (Å²) in [5.41, 5.74) is 2.47. The molecule has 0 unspecified atom stereocenters. The summed E-state index contributed by atoms with van der Waals surface area (Å²) in [4.78, 5) is 30.9. The Labute approximate surface area is 115 Å². The van der Waals surface area contributed by atoms with Gasteiger partial charge >= 0.3 is 11.9 Å². The molecule has 0 saturated heterocycles. The summed E-state index contributed by atoms with van der Waals surface area (Å²) in [5.74, 6) is -0.995. The minimum Gasteiger partial charge on any atom is -0.318 e. The second-order valence-electron chi connectivity index (χ2n) is 4.00. The van der Waals surface area contributed by atoms with Gasteiger partial charge in [0.25, 0.3) is 0 Å². The Morgan fingerprint density at radius 2 is 1.25 bits per heavy atom. The van der Waals surface area contributed by atoms with E-state index < -0.39 is 11.9 Å². The molecule has 0 atom stereocenters. The Morgan fingerprint density at radius 3 is 1.60 bits per heavy atom. The van der Waals surface area contributed by atoms with Crippen molar-refractivity contribution in [2.75, 3.05) is 0 Å². The van der Waals surface area contributed by atoms with Gasteiger partial charge in [-0.25, -0.2) is 9.59 Å². The van der Waals surface area contributed by atoms with Gasteiger partial charge in [0.05, 0.1) is 0 Å². The topological polar surface area (TPSA) is 77.3 Å². The first-order valence-corrected chi connectivity index (χ1v) is 5.87. The summed E-state index contributed by atoms with van der Waals surface area (Å²) < 4.78 is 0. The van der Waals surface area contributed by atoms with E-state index in [1.807, 2.05) is 24.3 Å². The summed E-state index contributed by atoms with van der Waals surface area (Å²) >= 11 is 0. The summed E-state index contributed by atoms with van der Waals surface area (Å²) in [6, 6.07) is 7.27. The summed E-state index contributed by atoms with van der Waals surface area (Å²) in [5, 5.41) is 7.54. The first-order chi connectivity index (χ1) is 9.58. The zero-order valence-corrected chi connectivity index (χ0v) is 11.0. The van der Waals surface area contributed by atoms with E-state index in [2.05, 4.69) is 20.0 Å². The van der Waals surface area contributed by atoms with Gasteiger partial charge in [-0.1, -0.05) is 34.6 Å². The average Bonchev–Trinajstić information content (AvgIpc) is 2.43. The van der Waals surface area contributed by atoms with Crippen LogP contribution in [0.25, 0.3) is 0 Å². The highest BCUT2D eigenvalue weighted by Gasteiger charge is 2.17. The van der Waals surface area contributed by atoms with Crippen LogP contribution in [0.1, 0.15) is 25.0 Å². The lowest BCUT2D eigenvalue weighted by molar-refractivity contribution is -0.141. The lowest BCUT2D eigenvalue weighted by Gasteiger charge is -2.13. The van der Waals surface area contributed by atoms with Crippen LogP contribution in [0, 0.1) is 0 Å². The normalized spacial score (nSPS) is 16.9. The van der Waals surface area contributed by atoms with Crippen LogP contribution in [-0.4, -0.2) is 23.4 Å². The SMILES string of the molecule is CC(=O)O/N=C1C=C/C(=N\OC(C)=O)c2ccccc2/1. The van der Waals surface area contributed by atoms with Crippen LogP contribution < -0.4 is 0 Å². The summed E-state index contributed by atoms with van der Waals surface area (Å²) in [6.45, 7) is 2.55. The third kappa shape index (κ3) is 3.17. The van der Waals surface area contributed by atoms with Gasteiger partial charge in [0.1, 0.15) is 11.4 Å². The van der Waals surface area contributed by atoms with E-state index in [4.69, 9.17) is 0 Å². The number of hydrogen-bond donors (Lipinski definition) is 0. The fourth-order valence-electron chi connectivity index (χ4n) is 1.65. The van der Waals surface area contributed by atoms with Crippen molar-refractivity contribution in [2.45, 2.75) is 13.8 Å². The van der Waals surface area contributed by atoms with Crippen molar-refractivity contribution in [3.63, 3.8) is 0 Å². The number of nitrogens with zero attached hydrogens (tertiary/aromatic N) is 2. The van der Waals surface area contributed by atoms with E-state index in [0.717, 1.165) is 11.1 Å². The standard InChI is InChI=1S/C14H12N2O4/c1-9(17)19-15-13-7-8-14(16-20-10(2)18)12-6-4-3-5-11(12)13/h3-8H,1-2H3/b15-13-,16-14+. The highest BCUT2D eigenvalue weighted by atomic mass is 16.7. The maximum atomic E-state index is 10.8. The van der Waals surface area contributed by atoms with E-state index in [1.54, 1.807) is 12.2 Å². The maximum absolute atomic E-state index is 10.8. The number of carbonyl (C=O) groups excluding carboxylic acids is 2. The van der Waals surface area contributed by atoms with Gasteiger partial charge < -0.3 is 9.68 Å². The van der Waals surface area contributed by atoms with Gasteiger partial charge in [0, 0.05) is 25.0 Å². The summed E-state index contributed by atoms with van der Waals surface area (Å²) in [6.07, 6.45) is 3.27. The molecule has 0 bridgehead atoms. The molecule has 0 heterocycles. The zero-order chi connectivity index (χ0) is 14.5. The molecule has 1 aliphatic rings. The Hall–Kier alpha value is -2.76. The number of allylic oxidation sites excluding steroid dienone is 2. The lowest BCUT2D eigenvalue weighted by atomic mass is 9.94. The molecule has 1 aromatic carbocycles. The van der Waals surface area contributed by atoms with Crippen LogP contribution in [0.2, 0.25) is 0 Å². The van der Waals surface area contributed by atoms with Gasteiger partial charge in [-0.3, -0.25) is 0 Å². The van der Waals surface area contributed by atoms with Crippen molar-refractivity contribution >= 4 is 23.4 Å². The van der Waals surface area contributed by atoms with Crippen LogP contribution in [-0.2, 0) is 19.3 Å². The quantitative estimate of drug-likeness (QED) is 0.607. The monoisotopic (exact) mass is 272 g/mol. The molecular formula is C14H12N2O4. The predicted octanol–water partition coefficient (Wildman–Crippen LogP) is 1.79. The molecule has 0 spiro atoms. The van der Waals surface area contributed by atoms with Crippen LogP contribution >= 0.6 is 0 Å². The van der Waals surface area contributed by atoms with Gasteiger partial charge in [-0.05, 0) is 12.2 Å². The van der Waals surface area contributed by atoms with Gasteiger partial charge in [-0.2, -0.15) is 0 Å². The van der Waals surface area contributed by atoms with Crippen LogP contribution in [0.5, 0.6) is 0 Å². The number of benzene rings is 1. The molecule has 0 saturated carbocycles. The van der Waals surface area contributed by atoms with Crippen molar-refractivity contribution < 1.29 is 19.3 Å². The number of oxime groups is 2. The van der Waals surface area contributed by atoms with Gasteiger partial charge in [0.15, 0.2) is 0 Å². The van der Waals surface area contributed by atoms with Crippen molar-refractivity contribution in [1.29, 1.82) is 0 Å². The second kappa shape index (κ2) is 5.92. The molecule has 6 nitrogen and oxygen atoms in total. The Kier molecular flexibility index (Phi) is 4.05. The highest BCUT2D eigenvalue weighted by molar-refractivity contribution is 6.25. The smallest absolute Gasteiger partial charge is 0.318 e. The molecule has 0 fully saturated rings. The molecule has 20 heavy (non-hydrogen) atoms. The Balaban J connectivity index is 2.39. The number of carbonyl (C=O) groups is 2.